The fourth-order valence-corrected chi connectivity index (χ4v) is 11.2. The Hall–Kier alpha value is -3.05. The number of piperidine rings is 2. The van der Waals surface area contributed by atoms with E-state index in [-0.39, 0.29) is 22.5 Å². The fraction of sp³-hybridized carbons (Fsp3) is 0.855. The molecule has 7 fully saturated rings. The molecule has 442 valence electrons. The molecule has 9 rings (SSSR count). The van der Waals surface area contributed by atoms with Gasteiger partial charge >= 0.3 is 0 Å². The van der Waals surface area contributed by atoms with Crippen molar-refractivity contribution < 1.29 is 4.79 Å². The van der Waals surface area contributed by atoms with Crippen molar-refractivity contribution in [3.63, 3.8) is 0 Å². The lowest BCUT2D eigenvalue weighted by atomic mass is 9.63. The summed E-state index contributed by atoms with van der Waals surface area (Å²) in [4.78, 5) is 49.9. The summed E-state index contributed by atoms with van der Waals surface area (Å²) in [6, 6.07) is 1.86. The van der Waals surface area contributed by atoms with Crippen LogP contribution in [0.5, 0.6) is 0 Å². The van der Waals surface area contributed by atoms with Crippen molar-refractivity contribution in [2.24, 2.45) is 5.41 Å². The second kappa shape index (κ2) is 29.6. The minimum absolute atomic E-state index is 0.123. The van der Waals surface area contributed by atoms with Crippen molar-refractivity contribution in [3.8, 4) is 0 Å². The van der Waals surface area contributed by atoms with E-state index < -0.39 is 0 Å². The van der Waals surface area contributed by atoms with Gasteiger partial charge in [0.05, 0.1) is 12.7 Å². The first kappa shape index (κ1) is 66.5. The molecular formula is C62H118N14O. The van der Waals surface area contributed by atoms with Gasteiger partial charge in [-0.1, -0.05) is 12.8 Å². The van der Waals surface area contributed by atoms with Crippen LogP contribution >= 0.6 is 0 Å². The van der Waals surface area contributed by atoms with Crippen molar-refractivity contribution >= 4 is 17.7 Å². The number of aromatic nitrogens is 4. The van der Waals surface area contributed by atoms with Gasteiger partial charge in [-0.05, 0) is 208 Å². The second-order valence-electron chi connectivity index (χ2n) is 29.0. The predicted molar refractivity (Wildman–Crippen MR) is 326 cm³/mol. The normalized spacial score (nSPS) is 22.2. The van der Waals surface area contributed by atoms with Gasteiger partial charge in [-0.25, -0.2) is 15.0 Å². The van der Waals surface area contributed by atoms with Crippen molar-refractivity contribution in [3.05, 3.63) is 37.1 Å². The Morgan fingerprint density at radius 3 is 1.19 bits per heavy atom. The third-order valence-corrected chi connectivity index (χ3v) is 17.1. The average Bonchev–Trinajstić information content (AvgIpc) is 3.36. The molecule has 1 amide bonds. The van der Waals surface area contributed by atoms with Gasteiger partial charge in [0.15, 0.2) is 0 Å². The molecule has 0 unspecified atom stereocenters. The number of rotatable bonds is 2. The molecule has 0 atom stereocenters. The van der Waals surface area contributed by atoms with E-state index in [2.05, 4.69) is 201 Å². The van der Waals surface area contributed by atoms with Crippen LogP contribution < -0.4 is 15.1 Å². The van der Waals surface area contributed by atoms with E-state index in [1.54, 1.807) is 24.8 Å². The number of likely N-dealkylation sites (tertiary alicyclic amines) is 2. The van der Waals surface area contributed by atoms with E-state index in [9.17, 15) is 4.79 Å². The molecule has 1 aliphatic carbocycles. The molecule has 8 heterocycles. The standard InChI is InChI=1S/2C12H20N4.C12H23N.C9H20N2.C9H19N.C8H16N2O/c1-12(2,3)16-8-6-15(7-9-16)11-10-13-4-5-14-11;1-12(2,3)16-9-7-15(8-10-16)11-13-5-4-6-14-11;1-11(2,3)13-9-7-12(8-10-13)5-4-6-12;1-9(2,3)11-7-5-10(4)6-8-11;1-9(2,3)10-7-5-4-6-8-10;1-8(2,3)10-5-4-9-7(11)6-10/h4-5,10H,6-9H2,1-3H3;4-6H,7-10H2,1-3H3;4-10H2,1-3H3;5-8H2,1-4H3;4-8H2,1-3H3;4-6H2,1-3H3,(H,9,11). The molecule has 0 aromatic carbocycles. The number of piperazine rings is 4. The Bertz CT molecular complexity index is 1830. The zero-order chi connectivity index (χ0) is 57.3. The van der Waals surface area contributed by atoms with Crippen LogP contribution in [0.15, 0.2) is 37.1 Å². The first-order valence-electron chi connectivity index (χ1n) is 30.3. The largest absolute Gasteiger partial charge is 0.354 e. The van der Waals surface area contributed by atoms with Crippen LogP contribution in [0, 0.1) is 5.41 Å². The monoisotopic (exact) mass is 1070 g/mol. The van der Waals surface area contributed by atoms with Gasteiger partial charge in [-0.2, -0.15) is 0 Å². The van der Waals surface area contributed by atoms with Gasteiger partial charge in [-0.3, -0.25) is 39.2 Å². The Labute approximate surface area is 473 Å². The number of likely N-dealkylation sites (N-methyl/N-ethyl adjacent to an activating group) is 1. The minimum Gasteiger partial charge on any atom is -0.354 e. The summed E-state index contributed by atoms with van der Waals surface area (Å²) in [5.41, 5.74) is 2.63. The molecule has 6 saturated heterocycles. The van der Waals surface area contributed by atoms with E-state index in [0.717, 1.165) is 82.6 Å². The van der Waals surface area contributed by atoms with E-state index in [1.807, 2.05) is 12.3 Å². The zero-order valence-electron chi connectivity index (χ0n) is 53.3. The van der Waals surface area contributed by atoms with Gasteiger partial charge in [0.2, 0.25) is 11.9 Å². The lowest BCUT2D eigenvalue weighted by Crippen LogP contribution is -2.54. The number of anilines is 2. The molecule has 77 heavy (non-hydrogen) atoms. The van der Waals surface area contributed by atoms with E-state index in [4.69, 9.17) is 0 Å². The first-order chi connectivity index (χ1) is 35.8. The summed E-state index contributed by atoms with van der Waals surface area (Å²) in [5, 5.41) is 2.80. The van der Waals surface area contributed by atoms with E-state index >= 15 is 0 Å². The summed E-state index contributed by atoms with van der Waals surface area (Å²) in [6.07, 6.45) is 20.6. The fourth-order valence-electron chi connectivity index (χ4n) is 11.2. The quantitative estimate of drug-likeness (QED) is 0.309. The number of nitrogens with zero attached hydrogens (tertiary/aromatic N) is 13. The van der Waals surface area contributed by atoms with Gasteiger partial charge < -0.3 is 20.0 Å². The Morgan fingerprint density at radius 1 is 0.416 bits per heavy atom. The molecule has 0 bridgehead atoms. The van der Waals surface area contributed by atoms with Crippen molar-refractivity contribution in [1.29, 1.82) is 0 Å². The minimum atomic E-state index is 0.123. The molecule has 2 aromatic heterocycles. The zero-order valence-corrected chi connectivity index (χ0v) is 53.3. The van der Waals surface area contributed by atoms with Crippen LogP contribution in [-0.4, -0.2) is 225 Å². The third-order valence-electron chi connectivity index (χ3n) is 17.1. The average molecular weight is 1080 g/mol. The van der Waals surface area contributed by atoms with Gasteiger partial charge in [-0.15, -0.1) is 0 Å². The lowest BCUT2D eigenvalue weighted by Gasteiger charge is -2.51. The summed E-state index contributed by atoms with van der Waals surface area (Å²) in [6.45, 7) is 61.7. The highest BCUT2D eigenvalue weighted by Crippen LogP contribution is 2.49. The van der Waals surface area contributed by atoms with E-state index in [0.29, 0.717) is 23.2 Å². The number of nitrogens with one attached hydrogen (secondary N) is 1. The molecule has 15 nitrogen and oxygen atoms in total. The molecule has 6 aliphatic heterocycles. The van der Waals surface area contributed by atoms with Crippen LogP contribution in [-0.2, 0) is 4.79 Å². The van der Waals surface area contributed by atoms with Crippen molar-refractivity contribution in [1.82, 2.24) is 59.6 Å². The summed E-state index contributed by atoms with van der Waals surface area (Å²) in [7, 11) is 2.19. The highest BCUT2D eigenvalue weighted by Gasteiger charge is 2.41. The van der Waals surface area contributed by atoms with Crippen molar-refractivity contribution in [2.45, 2.75) is 209 Å². The third kappa shape index (κ3) is 23.5. The molecule has 1 N–H and O–H groups in total. The topological polar surface area (TPSA) is 110 Å². The summed E-state index contributed by atoms with van der Waals surface area (Å²) in [5.74, 6) is 2.00. The number of amides is 1. The molecular weight excluding hydrogens is 957 g/mol. The maximum Gasteiger partial charge on any atom is 0.234 e. The molecule has 7 aliphatic rings. The second-order valence-corrected chi connectivity index (χ2v) is 29.0. The van der Waals surface area contributed by atoms with Gasteiger partial charge in [0.25, 0.3) is 0 Å². The lowest BCUT2D eigenvalue weighted by molar-refractivity contribution is -0.125. The Morgan fingerprint density at radius 2 is 0.831 bits per heavy atom. The van der Waals surface area contributed by atoms with Crippen LogP contribution in [0.25, 0.3) is 0 Å². The van der Waals surface area contributed by atoms with E-state index in [1.165, 1.54) is 104 Å². The summed E-state index contributed by atoms with van der Waals surface area (Å²) >= 11 is 0. The number of carbonyl (C=O) groups is 1. The first-order valence-corrected chi connectivity index (χ1v) is 30.3. The van der Waals surface area contributed by atoms with Gasteiger partial charge in [0, 0.05) is 150 Å². The predicted octanol–water partition coefficient (Wildman–Crippen LogP) is 9.37. The highest BCUT2D eigenvalue weighted by molar-refractivity contribution is 5.78. The number of hydrogen-bond donors (Lipinski definition) is 1. The Balaban J connectivity index is 0.000000201. The van der Waals surface area contributed by atoms with Crippen LogP contribution in [0.1, 0.15) is 176 Å². The summed E-state index contributed by atoms with van der Waals surface area (Å²) < 4.78 is 0. The maximum absolute atomic E-state index is 11.0. The number of hydrogen-bond acceptors (Lipinski definition) is 14. The van der Waals surface area contributed by atoms with Gasteiger partial charge in [0.1, 0.15) is 5.82 Å². The molecule has 1 spiro atoms. The van der Waals surface area contributed by atoms with Crippen LogP contribution in [0.2, 0.25) is 0 Å². The number of carbonyl (C=O) groups excluding carboxylic acids is 1. The maximum atomic E-state index is 11.0. The van der Waals surface area contributed by atoms with Crippen LogP contribution in [0.4, 0.5) is 11.8 Å². The van der Waals surface area contributed by atoms with Crippen molar-refractivity contribution in [2.75, 3.05) is 141 Å². The smallest absolute Gasteiger partial charge is 0.234 e. The Kier molecular flexibility index (Phi) is 25.6. The molecule has 2 aromatic rings. The molecule has 0 radical (unpaired) electrons. The SMILES string of the molecule is CC(C)(C)N1CCC2(CCC2)CC1.CC(C)(C)N1CCCCC1.CC(C)(C)N1CCN(c2cnccn2)CC1.CC(C)(C)N1CCN(c2ncccn2)CC1.CC(C)(C)N1CCNC(=O)C1.CN1CCN(C(C)(C)C)CC1. The van der Waals surface area contributed by atoms with Crippen LogP contribution in [0.3, 0.4) is 0 Å². The molecule has 15 heteroatoms. The highest BCUT2D eigenvalue weighted by atomic mass is 16.2. The molecule has 1 saturated carbocycles.